The quantitative estimate of drug-likeness (QED) is 0.721. The molecule has 0 radical (unpaired) electrons. The van der Waals surface area contributed by atoms with Gasteiger partial charge in [-0.2, -0.15) is 13.2 Å². The van der Waals surface area contributed by atoms with Crippen molar-refractivity contribution in [2.75, 3.05) is 6.61 Å². The summed E-state index contributed by atoms with van der Waals surface area (Å²) in [5, 5.41) is 0. The smallest absolute Gasteiger partial charge is 0.416 e. The Balaban J connectivity index is 2.73. The molecule has 0 saturated heterocycles. The number of alkyl halides is 3. The van der Waals surface area contributed by atoms with Crippen LogP contribution in [0.3, 0.4) is 0 Å². The van der Waals surface area contributed by atoms with Gasteiger partial charge in [0.15, 0.2) is 0 Å². The summed E-state index contributed by atoms with van der Waals surface area (Å²) >= 11 is 0. The molecule has 0 aliphatic heterocycles. The van der Waals surface area contributed by atoms with Crippen LogP contribution in [0.5, 0.6) is 5.75 Å². The fourth-order valence-corrected chi connectivity index (χ4v) is 1.03. The van der Waals surface area contributed by atoms with E-state index in [1.807, 2.05) is 0 Å². The van der Waals surface area contributed by atoms with Crippen LogP contribution in [0, 0.1) is 18.3 Å². The van der Waals surface area contributed by atoms with Gasteiger partial charge in [-0.1, -0.05) is 6.07 Å². The van der Waals surface area contributed by atoms with E-state index in [-0.39, 0.29) is 18.3 Å². The van der Waals surface area contributed by atoms with E-state index in [2.05, 4.69) is 5.92 Å². The second kappa shape index (κ2) is 4.93. The van der Waals surface area contributed by atoms with Gasteiger partial charge in [0.25, 0.3) is 0 Å². The minimum Gasteiger partial charge on any atom is -0.492 e. The van der Waals surface area contributed by atoms with Crippen molar-refractivity contribution in [2.24, 2.45) is 5.92 Å². The predicted octanol–water partition coefficient (Wildman–Crippen LogP) is 3.35. The van der Waals surface area contributed by atoms with Crippen molar-refractivity contribution in [2.45, 2.75) is 13.1 Å². The maximum Gasteiger partial charge on any atom is 0.416 e. The Labute approximate surface area is 92.2 Å². The lowest BCUT2D eigenvalue weighted by Gasteiger charge is -2.11. The van der Waals surface area contributed by atoms with Crippen molar-refractivity contribution in [1.82, 2.24) is 0 Å². The number of hydrogen-bond acceptors (Lipinski definition) is 1. The van der Waals surface area contributed by atoms with Gasteiger partial charge in [0.1, 0.15) is 12.4 Å². The summed E-state index contributed by atoms with van der Waals surface area (Å²) in [7, 11) is 0. The highest BCUT2D eigenvalue weighted by Gasteiger charge is 2.30. The molecule has 0 unspecified atom stereocenters. The van der Waals surface area contributed by atoms with Crippen LogP contribution in [-0.2, 0) is 6.18 Å². The number of hydrogen-bond donors (Lipinski definition) is 0. The molecule has 1 nitrogen and oxygen atoms in total. The van der Waals surface area contributed by atoms with Crippen LogP contribution < -0.4 is 4.74 Å². The molecule has 0 fully saturated rings. The van der Waals surface area contributed by atoms with Gasteiger partial charge in [0.05, 0.1) is 11.5 Å². The molecule has 1 atom stereocenters. The molecule has 0 aromatic heterocycles. The lowest BCUT2D eigenvalue weighted by Crippen LogP contribution is -2.08. The van der Waals surface area contributed by atoms with Crippen LogP contribution in [0.1, 0.15) is 12.5 Å². The Hall–Kier alpha value is -1.63. The summed E-state index contributed by atoms with van der Waals surface area (Å²) in [4.78, 5) is 0. The third-order valence-corrected chi connectivity index (χ3v) is 1.95. The lowest BCUT2D eigenvalue weighted by atomic mass is 10.2. The topological polar surface area (TPSA) is 9.23 Å². The molecule has 86 valence electrons. The van der Waals surface area contributed by atoms with E-state index in [9.17, 15) is 13.2 Å². The highest BCUT2D eigenvalue weighted by molar-refractivity contribution is 5.30. The molecule has 4 heteroatoms. The molecule has 0 aliphatic rings. The highest BCUT2D eigenvalue weighted by atomic mass is 19.4. The molecule has 1 rings (SSSR count). The summed E-state index contributed by atoms with van der Waals surface area (Å²) in [6.45, 7) is 1.96. The predicted molar refractivity (Wildman–Crippen MR) is 54.9 cm³/mol. The minimum absolute atomic E-state index is 0.130. The zero-order valence-corrected chi connectivity index (χ0v) is 8.71. The van der Waals surface area contributed by atoms with E-state index in [1.54, 1.807) is 6.92 Å². The Kier molecular flexibility index (Phi) is 3.83. The van der Waals surface area contributed by atoms with Crippen molar-refractivity contribution < 1.29 is 17.9 Å². The number of terminal acetylenes is 1. The summed E-state index contributed by atoms with van der Waals surface area (Å²) in [5.74, 6) is 2.48. The Morgan fingerprint density at radius 3 is 2.69 bits per heavy atom. The molecule has 0 N–H and O–H groups in total. The molecular formula is C12H11F3O. The Bertz CT molecular complexity index is 390. The summed E-state index contributed by atoms with van der Waals surface area (Å²) in [5.41, 5.74) is -0.724. The molecule has 0 heterocycles. The standard InChI is InChI=1S/C12H11F3O/c1-3-9(2)8-16-11-6-4-5-10(7-11)12(13,14)15/h1,4-7,9H,8H2,2H3/t9-/m1/s1. The van der Waals surface area contributed by atoms with Gasteiger partial charge in [0.2, 0.25) is 0 Å². The van der Waals surface area contributed by atoms with Gasteiger partial charge in [-0.05, 0) is 25.1 Å². The number of ether oxygens (including phenoxy) is 1. The minimum atomic E-state index is -4.35. The first-order chi connectivity index (χ1) is 7.43. The van der Waals surface area contributed by atoms with Gasteiger partial charge in [-0.25, -0.2) is 0 Å². The fourth-order valence-electron chi connectivity index (χ4n) is 1.03. The maximum absolute atomic E-state index is 12.3. The van der Waals surface area contributed by atoms with Gasteiger partial charge < -0.3 is 4.74 Å². The molecule has 0 bridgehead atoms. The Morgan fingerprint density at radius 2 is 2.12 bits per heavy atom. The SMILES string of the molecule is C#C[C@@H](C)COc1cccc(C(F)(F)F)c1. The lowest BCUT2D eigenvalue weighted by molar-refractivity contribution is -0.137. The van der Waals surface area contributed by atoms with Gasteiger partial charge in [-0.15, -0.1) is 12.3 Å². The molecular weight excluding hydrogens is 217 g/mol. The van der Waals surface area contributed by atoms with Crippen molar-refractivity contribution in [1.29, 1.82) is 0 Å². The van der Waals surface area contributed by atoms with Gasteiger partial charge >= 0.3 is 6.18 Å². The van der Waals surface area contributed by atoms with Crippen LogP contribution in [-0.4, -0.2) is 6.61 Å². The van der Waals surface area contributed by atoms with E-state index < -0.39 is 11.7 Å². The second-order valence-electron chi connectivity index (χ2n) is 3.40. The molecule has 1 aromatic carbocycles. The average molecular weight is 228 g/mol. The van der Waals surface area contributed by atoms with E-state index in [0.29, 0.717) is 0 Å². The zero-order chi connectivity index (χ0) is 12.2. The molecule has 0 amide bonds. The fraction of sp³-hybridized carbons (Fsp3) is 0.333. The molecule has 0 saturated carbocycles. The molecule has 0 spiro atoms. The van der Waals surface area contributed by atoms with Crippen molar-refractivity contribution in [3.8, 4) is 18.1 Å². The van der Waals surface area contributed by atoms with Crippen LogP contribution >= 0.6 is 0 Å². The summed E-state index contributed by atoms with van der Waals surface area (Å²) < 4.78 is 42.2. The van der Waals surface area contributed by atoms with Crippen LogP contribution in [0.2, 0.25) is 0 Å². The summed E-state index contributed by atoms with van der Waals surface area (Å²) in [6.07, 6.45) is 0.775. The molecule has 16 heavy (non-hydrogen) atoms. The largest absolute Gasteiger partial charge is 0.492 e. The first-order valence-electron chi connectivity index (χ1n) is 4.69. The van der Waals surface area contributed by atoms with E-state index in [4.69, 9.17) is 11.2 Å². The molecule has 0 aliphatic carbocycles. The maximum atomic E-state index is 12.3. The van der Waals surface area contributed by atoms with Crippen molar-refractivity contribution in [3.05, 3.63) is 29.8 Å². The van der Waals surface area contributed by atoms with Gasteiger partial charge in [-0.3, -0.25) is 0 Å². The van der Waals surface area contributed by atoms with E-state index >= 15 is 0 Å². The third kappa shape index (κ3) is 3.50. The normalized spacial score (nSPS) is 12.9. The number of rotatable bonds is 3. The number of benzene rings is 1. The van der Waals surface area contributed by atoms with Crippen LogP contribution in [0.25, 0.3) is 0 Å². The summed E-state index contributed by atoms with van der Waals surface area (Å²) in [6, 6.07) is 4.73. The average Bonchev–Trinajstić information content (AvgIpc) is 2.25. The third-order valence-electron chi connectivity index (χ3n) is 1.95. The first kappa shape index (κ1) is 12.4. The Morgan fingerprint density at radius 1 is 1.44 bits per heavy atom. The second-order valence-corrected chi connectivity index (χ2v) is 3.40. The molecule has 1 aromatic rings. The monoisotopic (exact) mass is 228 g/mol. The van der Waals surface area contributed by atoms with Gasteiger partial charge in [0, 0.05) is 0 Å². The number of halogens is 3. The highest BCUT2D eigenvalue weighted by Crippen LogP contribution is 2.31. The first-order valence-corrected chi connectivity index (χ1v) is 4.69. The van der Waals surface area contributed by atoms with Crippen molar-refractivity contribution >= 4 is 0 Å². The zero-order valence-electron chi connectivity index (χ0n) is 8.71. The van der Waals surface area contributed by atoms with E-state index in [0.717, 1.165) is 12.1 Å². The van der Waals surface area contributed by atoms with Crippen LogP contribution in [0.15, 0.2) is 24.3 Å². The van der Waals surface area contributed by atoms with E-state index in [1.165, 1.54) is 12.1 Å². The van der Waals surface area contributed by atoms with Crippen molar-refractivity contribution in [3.63, 3.8) is 0 Å². The van der Waals surface area contributed by atoms with Crippen LogP contribution in [0.4, 0.5) is 13.2 Å².